The summed E-state index contributed by atoms with van der Waals surface area (Å²) >= 11 is 0. The predicted octanol–water partition coefficient (Wildman–Crippen LogP) is 3.70. The lowest BCUT2D eigenvalue weighted by molar-refractivity contribution is -0.385. The van der Waals surface area contributed by atoms with E-state index in [9.17, 15) is 10.1 Å². The Balaban J connectivity index is 2.29. The van der Waals surface area contributed by atoms with E-state index in [0.717, 1.165) is 0 Å². The van der Waals surface area contributed by atoms with Gasteiger partial charge >= 0.3 is 0 Å². The third-order valence-electron chi connectivity index (χ3n) is 2.66. The third kappa shape index (κ3) is 2.82. The quantitative estimate of drug-likeness (QED) is 0.620. The number of rotatable bonds is 4. The summed E-state index contributed by atoms with van der Waals surface area (Å²) in [4.78, 5) is 10.3. The fraction of sp³-hybridized carbons (Fsp3) is 0.143. The molecule has 0 heterocycles. The van der Waals surface area contributed by atoms with Crippen LogP contribution >= 0.6 is 0 Å². The molecule has 0 N–H and O–H groups in total. The molecule has 0 unspecified atom stereocenters. The van der Waals surface area contributed by atoms with Crippen molar-refractivity contribution in [1.82, 2.24) is 0 Å². The van der Waals surface area contributed by atoms with Gasteiger partial charge in [0.1, 0.15) is 5.75 Å². The van der Waals surface area contributed by atoms with Gasteiger partial charge in [0.15, 0.2) is 11.5 Å². The van der Waals surface area contributed by atoms with Gasteiger partial charge in [-0.1, -0.05) is 12.1 Å². The summed E-state index contributed by atoms with van der Waals surface area (Å²) in [6, 6.07) is 11.9. The molecule has 0 bridgehead atoms. The number of benzene rings is 2. The van der Waals surface area contributed by atoms with Gasteiger partial charge in [-0.15, -0.1) is 0 Å². The highest BCUT2D eigenvalue weighted by Crippen LogP contribution is 2.32. The lowest BCUT2D eigenvalue weighted by Gasteiger charge is -2.10. The molecular weight excluding hydrogens is 246 g/mol. The number of hydrogen-bond donors (Lipinski definition) is 0. The Kier molecular flexibility index (Phi) is 3.66. The van der Waals surface area contributed by atoms with Gasteiger partial charge in [-0.05, 0) is 31.2 Å². The van der Waals surface area contributed by atoms with Gasteiger partial charge in [0.25, 0.3) is 5.69 Å². The monoisotopic (exact) mass is 259 g/mol. The van der Waals surface area contributed by atoms with E-state index in [1.165, 1.54) is 6.07 Å². The molecule has 0 fully saturated rings. The highest BCUT2D eigenvalue weighted by molar-refractivity contribution is 5.47. The van der Waals surface area contributed by atoms with Crippen molar-refractivity contribution in [3.05, 3.63) is 58.1 Å². The Morgan fingerprint density at radius 2 is 1.79 bits per heavy atom. The molecule has 0 atom stereocenters. The minimum Gasteiger partial charge on any atom is -0.493 e. The van der Waals surface area contributed by atoms with Crippen LogP contribution in [-0.2, 0) is 0 Å². The number of ether oxygens (including phenoxy) is 2. The van der Waals surface area contributed by atoms with Crippen molar-refractivity contribution in [2.24, 2.45) is 0 Å². The van der Waals surface area contributed by atoms with Gasteiger partial charge in [0.2, 0.25) is 0 Å². The number of nitrogens with zero attached hydrogens (tertiary/aromatic N) is 1. The second kappa shape index (κ2) is 5.39. The van der Waals surface area contributed by atoms with E-state index in [0.29, 0.717) is 22.8 Å². The van der Waals surface area contributed by atoms with Gasteiger partial charge in [-0.2, -0.15) is 0 Å². The summed E-state index contributed by atoms with van der Waals surface area (Å²) < 4.78 is 10.8. The Hall–Kier alpha value is -2.56. The van der Waals surface area contributed by atoms with E-state index < -0.39 is 4.92 Å². The topological polar surface area (TPSA) is 61.6 Å². The fourth-order valence-corrected chi connectivity index (χ4v) is 1.73. The smallest absolute Gasteiger partial charge is 0.272 e. The zero-order valence-corrected chi connectivity index (χ0v) is 10.6. The Labute approximate surface area is 110 Å². The second-order valence-electron chi connectivity index (χ2n) is 3.96. The van der Waals surface area contributed by atoms with Gasteiger partial charge in [-0.3, -0.25) is 10.1 Å². The van der Waals surface area contributed by atoms with Gasteiger partial charge in [0.05, 0.1) is 12.0 Å². The molecule has 0 amide bonds. The first-order valence-electron chi connectivity index (χ1n) is 5.67. The van der Waals surface area contributed by atoms with Crippen LogP contribution in [0.15, 0.2) is 42.5 Å². The van der Waals surface area contributed by atoms with Crippen molar-refractivity contribution in [2.45, 2.75) is 6.92 Å². The molecule has 0 spiro atoms. The maximum Gasteiger partial charge on any atom is 0.272 e. The zero-order valence-electron chi connectivity index (χ0n) is 10.6. The highest BCUT2D eigenvalue weighted by atomic mass is 16.6. The number of para-hydroxylation sites is 2. The van der Waals surface area contributed by atoms with E-state index in [1.54, 1.807) is 38.3 Å². The minimum absolute atomic E-state index is 0.0763. The summed E-state index contributed by atoms with van der Waals surface area (Å²) in [6.07, 6.45) is 0. The molecule has 0 aliphatic carbocycles. The van der Waals surface area contributed by atoms with E-state index in [1.807, 2.05) is 12.1 Å². The largest absolute Gasteiger partial charge is 0.493 e. The number of nitro benzene ring substituents is 1. The normalized spacial score (nSPS) is 10.0. The van der Waals surface area contributed by atoms with Crippen LogP contribution in [0, 0.1) is 17.0 Å². The number of hydrogen-bond acceptors (Lipinski definition) is 4. The molecule has 2 rings (SSSR count). The van der Waals surface area contributed by atoms with E-state index >= 15 is 0 Å². The first kappa shape index (κ1) is 12.9. The SMILES string of the molecule is COc1ccccc1Oc1ccc([N+](=O)[O-])c(C)c1. The van der Waals surface area contributed by atoms with Crippen molar-refractivity contribution in [1.29, 1.82) is 0 Å². The highest BCUT2D eigenvalue weighted by Gasteiger charge is 2.12. The molecule has 2 aromatic carbocycles. The molecule has 19 heavy (non-hydrogen) atoms. The third-order valence-corrected chi connectivity index (χ3v) is 2.66. The van der Waals surface area contributed by atoms with E-state index in [-0.39, 0.29) is 5.69 Å². The number of nitro groups is 1. The predicted molar refractivity (Wildman–Crippen MR) is 70.9 cm³/mol. The molecule has 2 aromatic rings. The fourth-order valence-electron chi connectivity index (χ4n) is 1.73. The summed E-state index contributed by atoms with van der Waals surface area (Å²) in [5.41, 5.74) is 0.629. The van der Waals surface area contributed by atoms with Crippen molar-refractivity contribution in [3.8, 4) is 17.2 Å². The Bertz CT molecular complexity index is 610. The Morgan fingerprint density at radius 3 is 2.37 bits per heavy atom. The average molecular weight is 259 g/mol. The van der Waals surface area contributed by atoms with Crippen molar-refractivity contribution < 1.29 is 14.4 Å². The maximum atomic E-state index is 10.7. The molecule has 0 aliphatic heterocycles. The zero-order chi connectivity index (χ0) is 13.8. The second-order valence-corrected chi connectivity index (χ2v) is 3.96. The van der Waals surface area contributed by atoms with Gasteiger partial charge in [0, 0.05) is 11.6 Å². The maximum absolute atomic E-state index is 10.7. The van der Waals surface area contributed by atoms with Gasteiger partial charge < -0.3 is 9.47 Å². The molecule has 5 heteroatoms. The Morgan fingerprint density at radius 1 is 1.11 bits per heavy atom. The van der Waals surface area contributed by atoms with Crippen molar-refractivity contribution in [3.63, 3.8) is 0 Å². The van der Waals surface area contributed by atoms with Crippen LogP contribution < -0.4 is 9.47 Å². The van der Waals surface area contributed by atoms with E-state index in [2.05, 4.69) is 0 Å². The van der Waals surface area contributed by atoms with Crippen molar-refractivity contribution in [2.75, 3.05) is 7.11 Å². The first-order chi connectivity index (χ1) is 9.11. The molecule has 0 saturated heterocycles. The average Bonchev–Trinajstić information content (AvgIpc) is 2.39. The molecule has 0 radical (unpaired) electrons. The van der Waals surface area contributed by atoms with Crippen LogP contribution in [0.2, 0.25) is 0 Å². The van der Waals surface area contributed by atoms with Crippen LogP contribution in [0.5, 0.6) is 17.2 Å². The lowest BCUT2D eigenvalue weighted by atomic mass is 10.2. The van der Waals surface area contributed by atoms with E-state index in [4.69, 9.17) is 9.47 Å². The summed E-state index contributed by atoms with van der Waals surface area (Å²) in [5, 5.41) is 10.7. The van der Waals surface area contributed by atoms with Crippen LogP contribution in [0.1, 0.15) is 5.56 Å². The van der Waals surface area contributed by atoms with Crippen molar-refractivity contribution >= 4 is 5.69 Å². The van der Waals surface area contributed by atoms with Crippen LogP contribution in [0.25, 0.3) is 0 Å². The number of methoxy groups -OCH3 is 1. The minimum atomic E-state index is -0.414. The van der Waals surface area contributed by atoms with Gasteiger partial charge in [-0.25, -0.2) is 0 Å². The summed E-state index contributed by atoms with van der Waals surface area (Å²) in [5.74, 6) is 1.71. The molecule has 0 aromatic heterocycles. The summed E-state index contributed by atoms with van der Waals surface area (Å²) in [6.45, 7) is 1.67. The standard InChI is InChI=1S/C14H13NO4/c1-10-9-11(7-8-12(10)15(16)17)19-14-6-4-3-5-13(14)18-2/h3-9H,1-2H3. The number of aryl methyl sites for hydroxylation is 1. The molecule has 0 saturated carbocycles. The molecule has 0 aliphatic rings. The van der Waals surface area contributed by atoms with Crippen LogP contribution in [-0.4, -0.2) is 12.0 Å². The lowest BCUT2D eigenvalue weighted by Crippen LogP contribution is -1.93. The molecule has 98 valence electrons. The summed E-state index contributed by atoms with van der Waals surface area (Å²) in [7, 11) is 1.56. The molecular formula is C14H13NO4. The van der Waals surface area contributed by atoms with Crippen LogP contribution in [0.3, 0.4) is 0 Å². The first-order valence-corrected chi connectivity index (χ1v) is 5.67. The molecule has 5 nitrogen and oxygen atoms in total. The van der Waals surface area contributed by atoms with Crippen LogP contribution in [0.4, 0.5) is 5.69 Å².